The Morgan fingerprint density at radius 1 is 1.41 bits per heavy atom. The lowest BCUT2D eigenvalue weighted by atomic mass is 10.3. The second-order valence-corrected chi connectivity index (χ2v) is 5.22. The zero-order valence-corrected chi connectivity index (χ0v) is 11.4. The molecule has 5 heteroatoms. The van der Waals surface area contributed by atoms with Crippen LogP contribution in [0.2, 0.25) is 0 Å². The minimum Gasteiger partial charge on any atom is -0.296 e. The van der Waals surface area contributed by atoms with E-state index in [0.717, 1.165) is 19.5 Å². The Kier molecular flexibility index (Phi) is 3.91. The zero-order valence-electron chi connectivity index (χ0n) is 10.6. The van der Waals surface area contributed by atoms with Gasteiger partial charge in [-0.2, -0.15) is 5.10 Å². The fourth-order valence-electron chi connectivity index (χ4n) is 1.78. The van der Waals surface area contributed by atoms with Gasteiger partial charge >= 0.3 is 0 Å². The monoisotopic (exact) mass is 250 g/mol. The first-order valence-electron chi connectivity index (χ1n) is 5.76. The van der Waals surface area contributed by atoms with Crippen LogP contribution in [0.5, 0.6) is 0 Å². The molecule has 0 aromatic carbocycles. The summed E-state index contributed by atoms with van der Waals surface area (Å²) in [6, 6.07) is 0. The maximum absolute atomic E-state index is 4.57. The third-order valence-electron chi connectivity index (χ3n) is 2.54. The van der Waals surface area contributed by atoms with Crippen molar-refractivity contribution in [3.63, 3.8) is 0 Å². The van der Waals surface area contributed by atoms with E-state index < -0.39 is 0 Å². The maximum Gasteiger partial charge on any atom is 0.0926 e. The van der Waals surface area contributed by atoms with Crippen LogP contribution in [0.1, 0.15) is 23.2 Å². The molecule has 2 rings (SSSR count). The van der Waals surface area contributed by atoms with Crippen molar-refractivity contribution in [2.75, 3.05) is 7.05 Å². The lowest BCUT2D eigenvalue weighted by molar-refractivity contribution is 0.315. The summed E-state index contributed by atoms with van der Waals surface area (Å²) in [5, 5.41) is 7.54. The van der Waals surface area contributed by atoms with Gasteiger partial charge in [0.05, 0.1) is 16.9 Å². The van der Waals surface area contributed by atoms with Crippen LogP contribution in [0.4, 0.5) is 0 Å². The van der Waals surface area contributed by atoms with E-state index in [1.807, 2.05) is 17.9 Å². The molecule has 0 unspecified atom stereocenters. The van der Waals surface area contributed by atoms with Gasteiger partial charge in [0, 0.05) is 37.3 Å². The third kappa shape index (κ3) is 3.38. The third-order valence-corrected chi connectivity index (χ3v) is 3.59. The predicted octanol–water partition coefficient (Wildman–Crippen LogP) is 2.07. The topological polar surface area (TPSA) is 34.0 Å². The molecule has 0 aliphatic rings. The van der Waals surface area contributed by atoms with Gasteiger partial charge in [0.2, 0.25) is 0 Å². The van der Waals surface area contributed by atoms with E-state index in [2.05, 4.69) is 40.5 Å². The van der Waals surface area contributed by atoms with E-state index in [1.165, 1.54) is 16.3 Å². The van der Waals surface area contributed by atoms with Crippen molar-refractivity contribution in [3.8, 4) is 0 Å². The second-order valence-electron chi connectivity index (χ2n) is 4.28. The largest absolute Gasteiger partial charge is 0.296 e. The highest BCUT2D eigenvalue weighted by molar-refractivity contribution is 7.09. The van der Waals surface area contributed by atoms with Gasteiger partial charge in [0.15, 0.2) is 0 Å². The molecule has 0 bridgehead atoms. The molecular formula is C12H18N4S. The zero-order chi connectivity index (χ0) is 12.3. The number of rotatable bonds is 5. The van der Waals surface area contributed by atoms with Crippen molar-refractivity contribution in [1.29, 1.82) is 0 Å². The molecule has 0 aliphatic heterocycles. The maximum atomic E-state index is 4.57. The van der Waals surface area contributed by atoms with Gasteiger partial charge in [0.1, 0.15) is 0 Å². The Labute approximate surface area is 106 Å². The van der Waals surface area contributed by atoms with Crippen LogP contribution in [-0.4, -0.2) is 26.7 Å². The van der Waals surface area contributed by atoms with Crippen molar-refractivity contribution >= 4 is 11.3 Å². The molecule has 0 radical (unpaired) electrons. The van der Waals surface area contributed by atoms with Crippen molar-refractivity contribution in [1.82, 2.24) is 19.7 Å². The van der Waals surface area contributed by atoms with Crippen molar-refractivity contribution in [2.45, 2.75) is 26.4 Å². The highest BCUT2D eigenvalue weighted by Crippen LogP contribution is 2.12. The summed E-state index contributed by atoms with van der Waals surface area (Å²) in [7, 11) is 4.05. The van der Waals surface area contributed by atoms with Crippen molar-refractivity contribution in [2.24, 2.45) is 7.05 Å². The molecule has 0 atom stereocenters. The van der Waals surface area contributed by atoms with Crippen LogP contribution in [0.3, 0.4) is 0 Å². The van der Waals surface area contributed by atoms with Crippen molar-refractivity contribution < 1.29 is 0 Å². The summed E-state index contributed by atoms with van der Waals surface area (Å²) < 4.78 is 1.83. The van der Waals surface area contributed by atoms with Crippen LogP contribution in [0.25, 0.3) is 0 Å². The molecule has 0 spiro atoms. The predicted molar refractivity (Wildman–Crippen MR) is 69.9 cm³/mol. The molecule has 4 nitrogen and oxygen atoms in total. The van der Waals surface area contributed by atoms with E-state index in [9.17, 15) is 0 Å². The molecule has 0 fully saturated rings. The SMILES string of the molecule is CCc1nc(CN(C)Cc2cnn(C)c2)cs1. The van der Waals surface area contributed by atoms with Crippen LogP contribution in [0.15, 0.2) is 17.8 Å². The van der Waals surface area contributed by atoms with Crippen LogP contribution in [0, 0.1) is 0 Å². The average molecular weight is 250 g/mol. The van der Waals surface area contributed by atoms with E-state index in [1.54, 1.807) is 11.3 Å². The van der Waals surface area contributed by atoms with Crippen LogP contribution in [-0.2, 0) is 26.6 Å². The summed E-state index contributed by atoms with van der Waals surface area (Å²) in [6.07, 6.45) is 4.99. The van der Waals surface area contributed by atoms with Crippen LogP contribution < -0.4 is 0 Å². The van der Waals surface area contributed by atoms with E-state index in [4.69, 9.17) is 0 Å². The number of aryl methyl sites for hydroxylation is 2. The summed E-state index contributed by atoms with van der Waals surface area (Å²) in [5.74, 6) is 0. The Bertz CT molecular complexity index is 474. The summed E-state index contributed by atoms with van der Waals surface area (Å²) in [4.78, 5) is 6.83. The molecule has 0 saturated carbocycles. The van der Waals surface area contributed by atoms with Gasteiger partial charge in [-0.25, -0.2) is 4.98 Å². The number of thiazole rings is 1. The van der Waals surface area contributed by atoms with Gasteiger partial charge in [-0.1, -0.05) is 6.92 Å². The van der Waals surface area contributed by atoms with E-state index in [0.29, 0.717) is 0 Å². The summed E-state index contributed by atoms with van der Waals surface area (Å²) in [6.45, 7) is 3.94. The summed E-state index contributed by atoms with van der Waals surface area (Å²) in [5.41, 5.74) is 2.40. The molecular weight excluding hydrogens is 232 g/mol. The number of aromatic nitrogens is 3. The molecule has 0 N–H and O–H groups in total. The molecule has 17 heavy (non-hydrogen) atoms. The fraction of sp³-hybridized carbons (Fsp3) is 0.500. The summed E-state index contributed by atoms with van der Waals surface area (Å²) >= 11 is 1.75. The highest BCUT2D eigenvalue weighted by Gasteiger charge is 2.06. The Morgan fingerprint density at radius 3 is 2.82 bits per heavy atom. The quantitative estimate of drug-likeness (QED) is 0.814. The van der Waals surface area contributed by atoms with Gasteiger partial charge in [0.25, 0.3) is 0 Å². The number of hydrogen-bond acceptors (Lipinski definition) is 4. The molecule has 2 aromatic heterocycles. The van der Waals surface area contributed by atoms with Gasteiger partial charge in [-0.05, 0) is 13.5 Å². The standard InChI is InChI=1S/C12H18N4S/c1-4-12-14-11(9-17-12)8-15(2)6-10-5-13-16(3)7-10/h5,7,9H,4,6,8H2,1-3H3. The smallest absolute Gasteiger partial charge is 0.0926 e. The molecule has 0 aliphatic carbocycles. The fourth-order valence-corrected chi connectivity index (χ4v) is 2.52. The number of nitrogens with zero attached hydrogens (tertiary/aromatic N) is 4. The Morgan fingerprint density at radius 2 is 2.24 bits per heavy atom. The van der Waals surface area contributed by atoms with Gasteiger partial charge in [-0.15, -0.1) is 11.3 Å². The molecule has 2 heterocycles. The second kappa shape index (κ2) is 5.42. The van der Waals surface area contributed by atoms with Gasteiger partial charge in [-0.3, -0.25) is 9.58 Å². The minimum absolute atomic E-state index is 0.894. The Balaban J connectivity index is 1.90. The van der Waals surface area contributed by atoms with Crippen LogP contribution >= 0.6 is 11.3 Å². The number of hydrogen-bond donors (Lipinski definition) is 0. The van der Waals surface area contributed by atoms with Crippen molar-refractivity contribution in [3.05, 3.63) is 34.0 Å². The van der Waals surface area contributed by atoms with E-state index in [-0.39, 0.29) is 0 Å². The van der Waals surface area contributed by atoms with Gasteiger partial charge < -0.3 is 0 Å². The average Bonchev–Trinajstić information content (AvgIpc) is 2.88. The van der Waals surface area contributed by atoms with E-state index >= 15 is 0 Å². The highest BCUT2D eigenvalue weighted by atomic mass is 32.1. The Hall–Kier alpha value is -1.20. The minimum atomic E-state index is 0.894. The molecule has 0 amide bonds. The first-order valence-corrected chi connectivity index (χ1v) is 6.64. The lowest BCUT2D eigenvalue weighted by Crippen LogP contribution is -2.17. The molecule has 2 aromatic rings. The normalized spacial score (nSPS) is 11.3. The molecule has 92 valence electrons. The lowest BCUT2D eigenvalue weighted by Gasteiger charge is -2.13. The molecule has 0 saturated heterocycles. The first kappa shape index (κ1) is 12.3. The first-order chi connectivity index (χ1) is 8.17.